The Morgan fingerprint density at radius 2 is 2.00 bits per heavy atom. The summed E-state index contributed by atoms with van der Waals surface area (Å²) in [5.74, 6) is 3.22. The molecule has 2 N–H and O–H groups in total. The van der Waals surface area contributed by atoms with E-state index in [0.29, 0.717) is 13.1 Å². The van der Waals surface area contributed by atoms with Crippen molar-refractivity contribution in [2.24, 2.45) is 10.9 Å². The van der Waals surface area contributed by atoms with Crippen LogP contribution in [0.2, 0.25) is 0 Å². The highest BCUT2D eigenvalue weighted by Crippen LogP contribution is 2.30. The fourth-order valence-electron chi connectivity index (χ4n) is 3.12. The van der Waals surface area contributed by atoms with Crippen molar-refractivity contribution in [1.29, 1.82) is 0 Å². The molecule has 7 nitrogen and oxygen atoms in total. The molecule has 1 aliphatic rings. The van der Waals surface area contributed by atoms with E-state index in [1.807, 2.05) is 24.4 Å². The third-order valence-corrected chi connectivity index (χ3v) is 5.07. The Balaban J connectivity index is 0.00000272. The molecule has 0 unspecified atom stereocenters. The lowest BCUT2D eigenvalue weighted by molar-refractivity contribution is 0.296. The first-order valence-corrected chi connectivity index (χ1v) is 10.3. The van der Waals surface area contributed by atoms with E-state index in [9.17, 15) is 0 Å². The molecule has 0 spiro atoms. The fourth-order valence-corrected chi connectivity index (χ4v) is 3.12. The van der Waals surface area contributed by atoms with E-state index in [-0.39, 0.29) is 24.0 Å². The summed E-state index contributed by atoms with van der Waals surface area (Å²) in [5, 5.41) is 11.0. The molecule has 0 saturated heterocycles. The van der Waals surface area contributed by atoms with Gasteiger partial charge in [-0.15, -0.1) is 24.0 Å². The van der Waals surface area contributed by atoms with Crippen molar-refractivity contribution >= 4 is 29.9 Å². The Hall–Kier alpha value is -2.62. The average molecular weight is 532 g/mol. The number of aromatic nitrogens is 3. The van der Waals surface area contributed by atoms with Gasteiger partial charge in [0.15, 0.2) is 11.8 Å². The third kappa shape index (κ3) is 6.68. The number of benzene rings is 1. The third-order valence-electron chi connectivity index (χ3n) is 5.07. The topological polar surface area (TPSA) is 76.4 Å². The summed E-state index contributed by atoms with van der Waals surface area (Å²) in [6, 6.07) is 12.2. The lowest BCUT2D eigenvalue weighted by Crippen LogP contribution is -2.36. The summed E-state index contributed by atoms with van der Waals surface area (Å²) >= 11 is 0. The van der Waals surface area contributed by atoms with Gasteiger partial charge in [0.25, 0.3) is 0 Å². The van der Waals surface area contributed by atoms with Crippen LogP contribution in [-0.2, 0) is 13.1 Å². The number of ether oxygens (including phenoxy) is 1. The second kappa shape index (κ2) is 11.1. The van der Waals surface area contributed by atoms with Crippen LogP contribution >= 0.6 is 24.0 Å². The molecule has 1 aromatic carbocycles. The van der Waals surface area contributed by atoms with Crippen LogP contribution in [-0.4, -0.2) is 34.4 Å². The molecular weight excluding hydrogens is 503 g/mol. The lowest BCUT2D eigenvalue weighted by Gasteiger charge is -2.15. The Morgan fingerprint density at radius 3 is 2.74 bits per heavy atom. The predicted octanol–water partition coefficient (Wildman–Crippen LogP) is 3.85. The number of hydrogen-bond acceptors (Lipinski definition) is 4. The Bertz CT molecular complexity index is 1000. The number of nitrogens with one attached hydrogen (secondary N) is 2. The Labute approximate surface area is 200 Å². The van der Waals surface area contributed by atoms with Gasteiger partial charge in [0.05, 0.1) is 6.61 Å². The molecule has 0 bridgehead atoms. The van der Waals surface area contributed by atoms with Crippen molar-refractivity contribution in [1.82, 2.24) is 25.4 Å². The smallest absolute Gasteiger partial charge is 0.191 e. The van der Waals surface area contributed by atoms with Gasteiger partial charge in [0, 0.05) is 44.3 Å². The molecule has 0 amide bonds. The van der Waals surface area contributed by atoms with Gasteiger partial charge in [-0.3, -0.25) is 4.99 Å². The van der Waals surface area contributed by atoms with E-state index < -0.39 is 0 Å². The van der Waals surface area contributed by atoms with Gasteiger partial charge in [-0.2, -0.15) is 5.10 Å². The number of guanidine groups is 1. The maximum atomic E-state index is 6.07. The summed E-state index contributed by atoms with van der Waals surface area (Å²) in [6.07, 6.45) is 7.98. The van der Waals surface area contributed by atoms with Gasteiger partial charge in [0.2, 0.25) is 0 Å². The minimum Gasteiger partial charge on any atom is -0.493 e. The quantitative estimate of drug-likeness (QED) is 0.262. The molecule has 31 heavy (non-hydrogen) atoms. The molecular formula is C23H29IN6O. The van der Waals surface area contributed by atoms with Gasteiger partial charge < -0.3 is 15.4 Å². The molecule has 164 valence electrons. The number of nitrogens with zero attached hydrogens (tertiary/aromatic N) is 4. The molecule has 2 aromatic heterocycles. The molecule has 0 radical (unpaired) electrons. The number of aliphatic imine (C=N–C) groups is 1. The maximum Gasteiger partial charge on any atom is 0.191 e. The Morgan fingerprint density at radius 1 is 1.16 bits per heavy atom. The average Bonchev–Trinajstić information content (AvgIpc) is 3.44. The summed E-state index contributed by atoms with van der Waals surface area (Å²) in [6.45, 7) is 4.18. The van der Waals surface area contributed by atoms with Crippen molar-refractivity contribution in [3.63, 3.8) is 0 Å². The van der Waals surface area contributed by atoms with E-state index in [4.69, 9.17) is 4.74 Å². The first-order valence-electron chi connectivity index (χ1n) is 10.3. The van der Waals surface area contributed by atoms with Crippen molar-refractivity contribution in [3.8, 4) is 11.6 Å². The summed E-state index contributed by atoms with van der Waals surface area (Å²) in [4.78, 5) is 8.71. The van der Waals surface area contributed by atoms with Crippen molar-refractivity contribution in [2.45, 2.75) is 32.9 Å². The highest BCUT2D eigenvalue weighted by atomic mass is 127. The summed E-state index contributed by atoms with van der Waals surface area (Å²) in [5.41, 5.74) is 3.44. The number of hydrogen-bond donors (Lipinski definition) is 2. The van der Waals surface area contributed by atoms with Gasteiger partial charge in [-0.05, 0) is 61.1 Å². The van der Waals surface area contributed by atoms with Crippen LogP contribution in [0.25, 0.3) is 5.82 Å². The first kappa shape index (κ1) is 23.1. The zero-order valence-corrected chi connectivity index (χ0v) is 20.2. The predicted molar refractivity (Wildman–Crippen MR) is 133 cm³/mol. The number of aryl methyl sites for hydroxylation is 1. The molecule has 0 atom stereocenters. The van der Waals surface area contributed by atoms with Crippen molar-refractivity contribution in [2.75, 3.05) is 13.7 Å². The van der Waals surface area contributed by atoms with Crippen LogP contribution in [0.5, 0.6) is 5.75 Å². The standard InChI is InChI=1S/C23H28N6O.HI/c1-17-4-7-20(21(12-17)30-16-18-5-6-18)15-27-23(24-2)26-14-19-8-10-25-22(13-19)29-11-3-9-28-29;/h3-4,7-13,18H,5-6,14-16H2,1-2H3,(H2,24,26,27);1H. The van der Waals surface area contributed by atoms with Gasteiger partial charge in [-0.25, -0.2) is 9.67 Å². The van der Waals surface area contributed by atoms with Crippen LogP contribution in [0, 0.1) is 12.8 Å². The fraction of sp³-hybridized carbons (Fsp3) is 0.348. The van der Waals surface area contributed by atoms with Crippen molar-refractivity contribution < 1.29 is 4.74 Å². The molecule has 2 heterocycles. The maximum absolute atomic E-state index is 6.07. The van der Waals surface area contributed by atoms with E-state index in [2.05, 4.69) is 50.8 Å². The lowest BCUT2D eigenvalue weighted by atomic mass is 10.1. The van der Waals surface area contributed by atoms with Gasteiger partial charge >= 0.3 is 0 Å². The zero-order chi connectivity index (χ0) is 20.8. The first-order chi connectivity index (χ1) is 14.7. The van der Waals surface area contributed by atoms with E-state index in [0.717, 1.165) is 41.2 Å². The second-order valence-electron chi connectivity index (χ2n) is 7.62. The molecule has 3 aromatic rings. The molecule has 4 rings (SSSR count). The molecule has 1 fully saturated rings. The van der Waals surface area contributed by atoms with Crippen LogP contribution in [0.1, 0.15) is 29.5 Å². The van der Waals surface area contributed by atoms with Crippen molar-refractivity contribution in [3.05, 3.63) is 71.7 Å². The summed E-state index contributed by atoms with van der Waals surface area (Å²) < 4.78 is 7.82. The highest BCUT2D eigenvalue weighted by molar-refractivity contribution is 14.0. The SMILES string of the molecule is CN=C(NCc1ccnc(-n2cccn2)c1)NCc1ccc(C)cc1OCC1CC1.I. The van der Waals surface area contributed by atoms with E-state index in [1.165, 1.54) is 18.4 Å². The van der Waals surface area contributed by atoms with Gasteiger partial charge in [0.1, 0.15) is 5.75 Å². The van der Waals surface area contributed by atoms with Crippen LogP contribution < -0.4 is 15.4 Å². The van der Waals surface area contributed by atoms with E-state index >= 15 is 0 Å². The minimum absolute atomic E-state index is 0. The number of rotatable bonds is 8. The van der Waals surface area contributed by atoms with Crippen LogP contribution in [0.4, 0.5) is 0 Å². The van der Waals surface area contributed by atoms with Crippen LogP contribution in [0.15, 0.2) is 60.0 Å². The molecule has 1 saturated carbocycles. The zero-order valence-electron chi connectivity index (χ0n) is 17.9. The van der Waals surface area contributed by atoms with Gasteiger partial charge in [-0.1, -0.05) is 12.1 Å². The molecule has 8 heteroatoms. The van der Waals surface area contributed by atoms with E-state index in [1.54, 1.807) is 24.1 Å². The summed E-state index contributed by atoms with van der Waals surface area (Å²) in [7, 11) is 1.77. The number of pyridine rings is 1. The largest absolute Gasteiger partial charge is 0.493 e. The normalized spacial score (nSPS) is 13.4. The van der Waals surface area contributed by atoms with Crippen LogP contribution in [0.3, 0.4) is 0 Å². The second-order valence-corrected chi connectivity index (χ2v) is 7.62. The monoisotopic (exact) mass is 532 g/mol. The minimum atomic E-state index is 0. The number of halogens is 1. The molecule has 1 aliphatic carbocycles. The molecule has 0 aliphatic heterocycles. The highest BCUT2D eigenvalue weighted by Gasteiger charge is 2.22. The Kier molecular flexibility index (Phi) is 8.27.